The van der Waals surface area contributed by atoms with Crippen LogP contribution >= 0.6 is 11.3 Å². The largest absolute Gasteiger partial charge is 0.465 e. The number of hydrogen-bond donors (Lipinski definition) is 3. The molecule has 12 heavy (non-hydrogen) atoms. The number of hydrogen-bond acceptors (Lipinski definition) is 4. The molecule has 1 aromatic heterocycles. The minimum Gasteiger partial charge on any atom is -0.465 e. The van der Waals surface area contributed by atoms with Crippen LogP contribution in [0.3, 0.4) is 0 Å². The first-order chi connectivity index (χ1) is 5.72. The Morgan fingerprint density at radius 1 is 1.83 bits per heavy atom. The van der Waals surface area contributed by atoms with Gasteiger partial charge in [0, 0.05) is 11.1 Å². The van der Waals surface area contributed by atoms with Gasteiger partial charge < -0.3 is 10.8 Å². The second-order valence-electron chi connectivity index (χ2n) is 2.10. The molecule has 4 N–H and O–H groups in total. The van der Waals surface area contributed by atoms with E-state index in [-0.39, 0.29) is 0 Å². The molecule has 0 atom stereocenters. The third-order valence-electron chi connectivity index (χ3n) is 1.16. The zero-order chi connectivity index (χ0) is 8.97. The van der Waals surface area contributed by atoms with Crippen molar-refractivity contribution in [2.45, 2.75) is 6.42 Å². The average molecular weight is 187 g/mol. The molecule has 1 heterocycles. The van der Waals surface area contributed by atoms with E-state index in [1.54, 1.807) is 6.20 Å². The predicted molar refractivity (Wildman–Crippen MR) is 46.5 cm³/mol. The van der Waals surface area contributed by atoms with Crippen molar-refractivity contribution in [2.75, 3.05) is 11.9 Å². The van der Waals surface area contributed by atoms with Crippen LogP contribution in [-0.4, -0.2) is 22.7 Å². The smallest absolute Gasteiger partial charge is 0.410 e. The van der Waals surface area contributed by atoms with Gasteiger partial charge in [0.1, 0.15) is 0 Å². The first kappa shape index (κ1) is 8.95. The van der Waals surface area contributed by atoms with Crippen molar-refractivity contribution in [1.82, 2.24) is 4.98 Å². The van der Waals surface area contributed by atoms with Crippen LogP contribution in [0.5, 0.6) is 0 Å². The van der Waals surface area contributed by atoms with Gasteiger partial charge in [-0.1, -0.05) is 0 Å². The van der Waals surface area contributed by atoms with Crippen molar-refractivity contribution >= 4 is 22.6 Å². The lowest BCUT2D eigenvalue weighted by Crippen LogP contribution is -2.06. The summed E-state index contributed by atoms with van der Waals surface area (Å²) >= 11 is 1.30. The Morgan fingerprint density at radius 3 is 3.17 bits per heavy atom. The fourth-order valence-corrected chi connectivity index (χ4v) is 1.53. The normalized spacial score (nSPS) is 9.75. The first-order valence-corrected chi connectivity index (χ1v) is 4.18. The Kier molecular flexibility index (Phi) is 3.01. The number of aromatic nitrogens is 1. The zero-order valence-electron chi connectivity index (χ0n) is 6.28. The summed E-state index contributed by atoms with van der Waals surface area (Å²) in [5.74, 6) is 0. The van der Waals surface area contributed by atoms with Gasteiger partial charge in [0.15, 0.2) is 5.13 Å². The van der Waals surface area contributed by atoms with Gasteiger partial charge in [0.2, 0.25) is 0 Å². The monoisotopic (exact) mass is 187 g/mol. The zero-order valence-corrected chi connectivity index (χ0v) is 7.10. The van der Waals surface area contributed by atoms with E-state index in [1.807, 2.05) is 0 Å². The number of thiazole rings is 1. The molecule has 0 aliphatic carbocycles. The number of anilines is 1. The van der Waals surface area contributed by atoms with Crippen LogP contribution in [0.1, 0.15) is 4.88 Å². The van der Waals surface area contributed by atoms with E-state index in [9.17, 15) is 4.79 Å². The van der Waals surface area contributed by atoms with Crippen LogP contribution in [0, 0.1) is 0 Å². The molecule has 5 nitrogen and oxygen atoms in total. The predicted octanol–water partition coefficient (Wildman–Crippen LogP) is 0.734. The Bertz CT molecular complexity index is 274. The molecule has 6 heteroatoms. The third kappa shape index (κ3) is 2.48. The van der Waals surface area contributed by atoms with Crippen LogP contribution in [0.4, 0.5) is 9.93 Å². The number of amides is 1. The summed E-state index contributed by atoms with van der Waals surface area (Å²) in [5, 5.41) is 10.9. The molecule has 0 saturated heterocycles. The standard InChI is InChI=1S/C6H9N3O2S/c7-2-1-4-3-8-5(12-4)9-6(10)11/h3H,1-2,7H2,(H,8,9)(H,10,11). The van der Waals surface area contributed by atoms with Crippen LogP contribution in [0.15, 0.2) is 6.20 Å². The highest BCUT2D eigenvalue weighted by atomic mass is 32.1. The van der Waals surface area contributed by atoms with Crippen molar-refractivity contribution in [2.24, 2.45) is 5.73 Å². The molecule has 1 rings (SSSR count). The number of carboxylic acid groups (broad SMARTS) is 1. The van der Waals surface area contributed by atoms with Crippen molar-refractivity contribution in [3.8, 4) is 0 Å². The Hall–Kier alpha value is -1.14. The molecule has 1 aromatic rings. The summed E-state index contributed by atoms with van der Waals surface area (Å²) in [6.45, 7) is 0.550. The lowest BCUT2D eigenvalue weighted by atomic mass is 10.4. The molecule has 0 spiro atoms. The lowest BCUT2D eigenvalue weighted by molar-refractivity contribution is 0.209. The number of rotatable bonds is 3. The van der Waals surface area contributed by atoms with Crippen LogP contribution in [0.25, 0.3) is 0 Å². The fourth-order valence-electron chi connectivity index (χ4n) is 0.715. The molecule has 66 valence electrons. The molecule has 0 bridgehead atoms. The summed E-state index contributed by atoms with van der Waals surface area (Å²) < 4.78 is 0. The minimum atomic E-state index is -1.09. The molecule has 0 fully saturated rings. The second kappa shape index (κ2) is 4.03. The molecule has 0 aromatic carbocycles. The second-order valence-corrected chi connectivity index (χ2v) is 3.22. The molecule has 1 amide bonds. The first-order valence-electron chi connectivity index (χ1n) is 3.37. The van der Waals surface area contributed by atoms with Crippen molar-refractivity contribution in [3.05, 3.63) is 11.1 Å². The van der Waals surface area contributed by atoms with Gasteiger partial charge in [0.05, 0.1) is 0 Å². The SMILES string of the molecule is NCCc1cnc(NC(=O)O)s1. The van der Waals surface area contributed by atoms with E-state index in [4.69, 9.17) is 10.8 Å². The van der Waals surface area contributed by atoms with Gasteiger partial charge >= 0.3 is 6.09 Å². The van der Waals surface area contributed by atoms with Crippen molar-refractivity contribution in [1.29, 1.82) is 0 Å². The Balaban J connectivity index is 2.58. The summed E-state index contributed by atoms with van der Waals surface area (Å²) in [6.07, 6.45) is 1.27. The molecule has 0 aliphatic rings. The van der Waals surface area contributed by atoms with E-state index in [0.717, 1.165) is 11.3 Å². The van der Waals surface area contributed by atoms with E-state index in [1.165, 1.54) is 11.3 Å². The fraction of sp³-hybridized carbons (Fsp3) is 0.333. The highest BCUT2D eigenvalue weighted by Gasteiger charge is 2.03. The van der Waals surface area contributed by atoms with E-state index < -0.39 is 6.09 Å². The molecule has 0 unspecified atom stereocenters. The molecular weight excluding hydrogens is 178 g/mol. The summed E-state index contributed by atoms with van der Waals surface area (Å²) in [4.78, 5) is 15.0. The summed E-state index contributed by atoms with van der Waals surface area (Å²) in [6, 6.07) is 0. The summed E-state index contributed by atoms with van der Waals surface area (Å²) in [5.41, 5.74) is 5.31. The quantitative estimate of drug-likeness (QED) is 0.651. The topological polar surface area (TPSA) is 88.2 Å². The van der Waals surface area contributed by atoms with Crippen LogP contribution < -0.4 is 11.1 Å². The van der Waals surface area contributed by atoms with Crippen LogP contribution in [-0.2, 0) is 6.42 Å². The maximum Gasteiger partial charge on any atom is 0.410 e. The van der Waals surface area contributed by atoms with Crippen LogP contribution in [0.2, 0.25) is 0 Å². The highest BCUT2D eigenvalue weighted by Crippen LogP contribution is 2.17. The maximum absolute atomic E-state index is 10.2. The van der Waals surface area contributed by atoms with Gasteiger partial charge in [-0.2, -0.15) is 0 Å². The van der Waals surface area contributed by atoms with Gasteiger partial charge in [-0.15, -0.1) is 11.3 Å². The van der Waals surface area contributed by atoms with Gasteiger partial charge in [-0.3, -0.25) is 5.32 Å². The number of carbonyl (C=O) groups is 1. The minimum absolute atomic E-state index is 0.394. The van der Waals surface area contributed by atoms with E-state index in [2.05, 4.69) is 10.3 Å². The lowest BCUT2D eigenvalue weighted by Gasteiger charge is -1.91. The highest BCUT2D eigenvalue weighted by molar-refractivity contribution is 7.15. The number of nitrogens with one attached hydrogen (secondary N) is 1. The van der Waals surface area contributed by atoms with Crippen molar-refractivity contribution < 1.29 is 9.90 Å². The Morgan fingerprint density at radius 2 is 2.58 bits per heavy atom. The van der Waals surface area contributed by atoms with E-state index in [0.29, 0.717) is 11.7 Å². The number of nitrogens with two attached hydrogens (primary N) is 1. The molecule has 0 aliphatic heterocycles. The third-order valence-corrected chi connectivity index (χ3v) is 2.13. The van der Waals surface area contributed by atoms with Gasteiger partial charge in [-0.05, 0) is 13.0 Å². The van der Waals surface area contributed by atoms with Gasteiger partial charge in [-0.25, -0.2) is 9.78 Å². The molecule has 0 radical (unpaired) electrons. The molecular formula is C6H9N3O2S. The average Bonchev–Trinajstić information content (AvgIpc) is 2.36. The Labute approximate surface area is 73.2 Å². The maximum atomic E-state index is 10.2. The molecule has 0 saturated carbocycles. The summed E-state index contributed by atoms with van der Waals surface area (Å²) in [7, 11) is 0. The van der Waals surface area contributed by atoms with E-state index >= 15 is 0 Å². The number of nitrogens with zero attached hydrogens (tertiary/aromatic N) is 1. The van der Waals surface area contributed by atoms with Crippen molar-refractivity contribution in [3.63, 3.8) is 0 Å². The van der Waals surface area contributed by atoms with Gasteiger partial charge in [0.25, 0.3) is 0 Å².